The first-order valence-electron chi connectivity index (χ1n) is 6.36. The van der Waals surface area contributed by atoms with Gasteiger partial charge in [0.05, 0.1) is 23.8 Å². The van der Waals surface area contributed by atoms with E-state index in [0.717, 1.165) is 25.8 Å². The molecule has 1 saturated heterocycles. The van der Waals surface area contributed by atoms with Crippen LogP contribution in [0.1, 0.15) is 35.3 Å². The van der Waals surface area contributed by atoms with Crippen LogP contribution >= 0.6 is 0 Å². The lowest BCUT2D eigenvalue weighted by Crippen LogP contribution is -2.46. The second kappa shape index (κ2) is 6.29. The van der Waals surface area contributed by atoms with Gasteiger partial charge in [-0.25, -0.2) is 4.79 Å². The van der Waals surface area contributed by atoms with Crippen LogP contribution in [-0.2, 0) is 11.3 Å². The summed E-state index contributed by atoms with van der Waals surface area (Å²) >= 11 is 0. The number of aromatic carboxylic acids is 1. The Kier molecular flexibility index (Phi) is 4.46. The summed E-state index contributed by atoms with van der Waals surface area (Å²) in [6, 6.07) is 2.75. The van der Waals surface area contributed by atoms with E-state index in [9.17, 15) is 9.59 Å². The van der Waals surface area contributed by atoms with Crippen molar-refractivity contribution in [2.75, 3.05) is 6.54 Å². The molecule has 1 aliphatic heterocycles. The molecule has 0 saturated carbocycles. The van der Waals surface area contributed by atoms with Gasteiger partial charge in [0.25, 0.3) is 0 Å². The number of rotatable bonds is 4. The van der Waals surface area contributed by atoms with E-state index in [4.69, 9.17) is 5.11 Å². The predicted molar refractivity (Wildman–Crippen MR) is 68.7 cm³/mol. The Morgan fingerprint density at radius 1 is 1.47 bits per heavy atom. The van der Waals surface area contributed by atoms with Gasteiger partial charge in [0.2, 0.25) is 5.91 Å². The molecule has 3 N–H and O–H groups in total. The lowest BCUT2D eigenvalue weighted by Gasteiger charge is -2.22. The zero-order chi connectivity index (χ0) is 13.7. The van der Waals surface area contributed by atoms with Crippen LogP contribution in [0.3, 0.4) is 0 Å². The Hall–Kier alpha value is -1.95. The fourth-order valence-corrected chi connectivity index (χ4v) is 2.08. The molecular formula is C13H17N3O3. The van der Waals surface area contributed by atoms with Gasteiger partial charge in [-0.05, 0) is 31.5 Å². The molecule has 1 aromatic heterocycles. The molecule has 0 radical (unpaired) electrons. The van der Waals surface area contributed by atoms with Crippen LogP contribution in [0, 0.1) is 0 Å². The summed E-state index contributed by atoms with van der Waals surface area (Å²) < 4.78 is 0. The largest absolute Gasteiger partial charge is 0.478 e. The molecule has 0 unspecified atom stereocenters. The molecule has 2 rings (SSSR count). The highest BCUT2D eigenvalue weighted by Gasteiger charge is 2.20. The van der Waals surface area contributed by atoms with Crippen LogP contribution in [0.25, 0.3) is 0 Å². The van der Waals surface area contributed by atoms with Crippen molar-refractivity contribution < 1.29 is 14.7 Å². The van der Waals surface area contributed by atoms with Crippen molar-refractivity contribution in [1.82, 2.24) is 15.6 Å². The van der Waals surface area contributed by atoms with Crippen molar-refractivity contribution >= 4 is 11.9 Å². The number of amides is 1. The van der Waals surface area contributed by atoms with Gasteiger partial charge in [0, 0.05) is 6.20 Å². The normalized spacial score (nSPS) is 18.8. The van der Waals surface area contributed by atoms with Gasteiger partial charge in [0.15, 0.2) is 0 Å². The first-order valence-corrected chi connectivity index (χ1v) is 6.36. The molecule has 1 amide bonds. The van der Waals surface area contributed by atoms with Crippen molar-refractivity contribution in [1.29, 1.82) is 0 Å². The Morgan fingerprint density at radius 2 is 2.32 bits per heavy atom. The zero-order valence-electron chi connectivity index (χ0n) is 10.6. The minimum atomic E-state index is -0.996. The number of aromatic nitrogens is 1. The van der Waals surface area contributed by atoms with Gasteiger partial charge in [-0.1, -0.05) is 6.42 Å². The maximum atomic E-state index is 11.9. The molecular weight excluding hydrogens is 246 g/mol. The van der Waals surface area contributed by atoms with Crippen LogP contribution in [0.4, 0.5) is 0 Å². The van der Waals surface area contributed by atoms with Gasteiger partial charge < -0.3 is 15.7 Å². The Morgan fingerprint density at radius 3 is 3.00 bits per heavy atom. The molecule has 0 bridgehead atoms. The Bertz CT molecular complexity index is 470. The van der Waals surface area contributed by atoms with Gasteiger partial charge in [-0.3, -0.25) is 9.78 Å². The number of carboxylic acids is 1. The average Bonchev–Trinajstić information content (AvgIpc) is 2.46. The lowest BCUT2D eigenvalue weighted by molar-refractivity contribution is -0.123. The number of hydrogen-bond acceptors (Lipinski definition) is 4. The van der Waals surface area contributed by atoms with Crippen molar-refractivity contribution in [3.63, 3.8) is 0 Å². The first kappa shape index (κ1) is 13.5. The van der Waals surface area contributed by atoms with Crippen LogP contribution in [0.5, 0.6) is 0 Å². The van der Waals surface area contributed by atoms with Gasteiger partial charge in [-0.2, -0.15) is 0 Å². The SMILES string of the molecule is O=C(O)c1ccnc(CNC(=O)[C@H]2CCCCN2)c1. The minimum Gasteiger partial charge on any atom is -0.478 e. The fourth-order valence-electron chi connectivity index (χ4n) is 2.08. The Balaban J connectivity index is 1.89. The summed E-state index contributed by atoms with van der Waals surface area (Å²) in [5, 5.41) is 14.8. The maximum absolute atomic E-state index is 11.9. The van der Waals surface area contributed by atoms with Crippen molar-refractivity contribution in [2.24, 2.45) is 0 Å². The third-order valence-corrected chi connectivity index (χ3v) is 3.13. The molecule has 1 atom stereocenters. The van der Waals surface area contributed by atoms with Crippen LogP contribution in [-0.4, -0.2) is 34.6 Å². The number of nitrogens with one attached hydrogen (secondary N) is 2. The van der Waals surface area contributed by atoms with Crippen molar-refractivity contribution in [2.45, 2.75) is 31.8 Å². The second-order valence-electron chi connectivity index (χ2n) is 4.56. The summed E-state index contributed by atoms with van der Waals surface area (Å²) in [6.07, 6.45) is 4.43. The van der Waals surface area contributed by atoms with E-state index >= 15 is 0 Å². The summed E-state index contributed by atoms with van der Waals surface area (Å²) in [6.45, 7) is 1.11. The molecule has 0 spiro atoms. The topological polar surface area (TPSA) is 91.3 Å². The first-order chi connectivity index (χ1) is 9.16. The number of hydrogen-bond donors (Lipinski definition) is 3. The standard InChI is InChI=1S/C13H17N3O3/c17-12(11-3-1-2-5-15-11)16-8-10-7-9(13(18)19)4-6-14-10/h4,6-7,11,15H,1-3,5,8H2,(H,16,17)(H,18,19)/t11-/m1/s1. The number of pyridine rings is 1. The smallest absolute Gasteiger partial charge is 0.335 e. The van der Waals surface area contributed by atoms with E-state index in [1.54, 1.807) is 0 Å². The van der Waals surface area contributed by atoms with E-state index in [1.165, 1.54) is 18.3 Å². The van der Waals surface area contributed by atoms with E-state index in [0.29, 0.717) is 5.69 Å². The van der Waals surface area contributed by atoms with Crippen LogP contribution in [0.2, 0.25) is 0 Å². The van der Waals surface area contributed by atoms with E-state index in [-0.39, 0.29) is 24.1 Å². The summed E-state index contributed by atoms with van der Waals surface area (Å²) in [5.74, 6) is -1.05. The molecule has 6 nitrogen and oxygen atoms in total. The maximum Gasteiger partial charge on any atom is 0.335 e. The number of carboxylic acid groups (broad SMARTS) is 1. The fraction of sp³-hybridized carbons (Fsp3) is 0.462. The molecule has 102 valence electrons. The average molecular weight is 263 g/mol. The monoisotopic (exact) mass is 263 g/mol. The second-order valence-corrected chi connectivity index (χ2v) is 4.56. The van der Waals surface area contributed by atoms with E-state index in [2.05, 4.69) is 15.6 Å². The molecule has 0 aromatic carbocycles. The van der Waals surface area contributed by atoms with E-state index in [1.807, 2.05) is 0 Å². The number of carbonyl (C=O) groups excluding carboxylic acids is 1. The lowest BCUT2D eigenvalue weighted by atomic mass is 10.0. The number of nitrogens with zero attached hydrogens (tertiary/aromatic N) is 1. The molecule has 1 aliphatic rings. The predicted octanol–water partition coefficient (Wildman–Crippen LogP) is 0.538. The van der Waals surface area contributed by atoms with Crippen molar-refractivity contribution in [3.05, 3.63) is 29.6 Å². The molecule has 1 fully saturated rings. The van der Waals surface area contributed by atoms with Gasteiger partial charge >= 0.3 is 5.97 Å². The van der Waals surface area contributed by atoms with Crippen LogP contribution in [0.15, 0.2) is 18.3 Å². The summed E-state index contributed by atoms with van der Waals surface area (Å²) in [4.78, 5) is 26.7. The third-order valence-electron chi connectivity index (χ3n) is 3.13. The van der Waals surface area contributed by atoms with Gasteiger partial charge in [-0.15, -0.1) is 0 Å². The zero-order valence-corrected chi connectivity index (χ0v) is 10.6. The summed E-state index contributed by atoms with van der Waals surface area (Å²) in [5.41, 5.74) is 0.721. The quantitative estimate of drug-likeness (QED) is 0.737. The van der Waals surface area contributed by atoms with E-state index < -0.39 is 5.97 Å². The van der Waals surface area contributed by atoms with Crippen LogP contribution < -0.4 is 10.6 Å². The minimum absolute atomic E-state index is 0.0535. The summed E-state index contributed by atoms with van der Waals surface area (Å²) in [7, 11) is 0. The highest BCUT2D eigenvalue weighted by molar-refractivity contribution is 5.87. The highest BCUT2D eigenvalue weighted by Crippen LogP contribution is 2.07. The molecule has 19 heavy (non-hydrogen) atoms. The Labute approximate surface area is 111 Å². The molecule has 1 aromatic rings. The van der Waals surface area contributed by atoms with Gasteiger partial charge in [0.1, 0.15) is 0 Å². The van der Waals surface area contributed by atoms with Crippen molar-refractivity contribution in [3.8, 4) is 0 Å². The third kappa shape index (κ3) is 3.75. The number of piperidine rings is 1. The number of carbonyl (C=O) groups is 2. The molecule has 2 heterocycles. The molecule has 0 aliphatic carbocycles. The molecule has 6 heteroatoms. The highest BCUT2D eigenvalue weighted by atomic mass is 16.4.